The lowest BCUT2D eigenvalue weighted by Gasteiger charge is -2.18. The molecule has 1 N–H and O–H groups in total. The number of nitrogens with zero attached hydrogens (tertiary/aromatic N) is 2. The van der Waals surface area contributed by atoms with Gasteiger partial charge in [0.15, 0.2) is 0 Å². The van der Waals surface area contributed by atoms with Gasteiger partial charge in [-0.25, -0.2) is 4.68 Å². The lowest BCUT2D eigenvalue weighted by molar-refractivity contribution is 0.449. The Morgan fingerprint density at radius 3 is 2.29 bits per heavy atom. The first-order chi connectivity index (χ1) is 10.0. The van der Waals surface area contributed by atoms with E-state index in [1.54, 1.807) is 12.1 Å². The number of aryl methyl sites for hydroxylation is 1. The molecule has 0 amide bonds. The molecular weight excluding hydrogens is 262 g/mol. The summed E-state index contributed by atoms with van der Waals surface area (Å²) in [6.45, 7) is 6.78. The number of rotatable bonds is 5. The number of nitrogens with one attached hydrogen (secondary N) is 1. The Labute approximate surface area is 125 Å². The molecule has 1 unspecified atom stereocenters. The molecule has 0 bridgehead atoms. The van der Waals surface area contributed by atoms with E-state index in [9.17, 15) is 4.79 Å². The molecule has 0 aliphatic rings. The predicted octanol–water partition coefficient (Wildman–Crippen LogP) is 2.64. The summed E-state index contributed by atoms with van der Waals surface area (Å²) < 4.78 is 1.52. The molecule has 112 valence electrons. The second-order valence-electron chi connectivity index (χ2n) is 5.66. The minimum atomic E-state index is -0.0698. The summed E-state index contributed by atoms with van der Waals surface area (Å²) in [5.74, 6) is 0.521. The molecule has 4 heteroatoms. The van der Waals surface area contributed by atoms with Gasteiger partial charge in [-0.1, -0.05) is 38.1 Å². The van der Waals surface area contributed by atoms with Gasteiger partial charge in [0, 0.05) is 6.07 Å². The summed E-state index contributed by atoms with van der Waals surface area (Å²) in [6.07, 6.45) is 0. The normalized spacial score (nSPS) is 12.6. The molecule has 1 atom stereocenters. The summed E-state index contributed by atoms with van der Waals surface area (Å²) in [6, 6.07) is 11.9. The Hall–Kier alpha value is -1.94. The van der Waals surface area contributed by atoms with Crippen molar-refractivity contribution < 1.29 is 0 Å². The van der Waals surface area contributed by atoms with E-state index in [-0.39, 0.29) is 11.6 Å². The highest BCUT2D eigenvalue weighted by Crippen LogP contribution is 2.19. The molecular formula is C17H23N3O. The second kappa shape index (κ2) is 6.68. The van der Waals surface area contributed by atoms with Gasteiger partial charge in [0.2, 0.25) is 0 Å². The Kier molecular flexibility index (Phi) is 4.91. The van der Waals surface area contributed by atoms with Crippen LogP contribution in [-0.2, 0) is 6.54 Å². The SMILES string of the molecule is CNC(Cn1nc(C)ccc1=O)c1ccc(C(C)C)cc1. The summed E-state index contributed by atoms with van der Waals surface area (Å²) in [7, 11) is 1.90. The molecule has 1 heterocycles. The van der Waals surface area contributed by atoms with E-state index in [4.69, 9.17) is 0 Å². The van der Waals surface area contributed by atoms with Gasteiger partial charge in [-0.05, 0) is 37.1 Å². The quantitative estimate of drug-likeness (QED) is 0.918. The van der Waals surface area contributed by atoms with E-state index in [0.717, 1.165) is 11.3 Å². The molecule has 0 aliphatic heterocycles. The van der Waals surface area contributed by atoms with Crippen LogP contribution in [0.2, 0.25) is 0 Å². The van der Waals surface area contributed by atoms with Crippen molar-refractivity contribution in [3.63, 3.8) is 0 Å². The van der Waals surface area contributed by atoms with Crippen LogP contribution in [0.15, 0.2) is 41.2 Å². The summed E-state index contributed by atoms with van der Waals surface area (Å²) in [4.78, 5) is 11.9. The van der Waals surface area contributed by atoms with E-state index >= 15 is 0 Å². The lowest BCUT2D eigenvalue weighted by atomic mass is 9.99. The third kappa shape index (κ3) is 3.79. The molecule has 0 aliphatic carbocycles. The van der Waals surface area contributed by atoms with Crippen LogP contribution < -0.4 is 10.9 Å². The van der Waals surface area contributed by atoms with E-state index < -0.39 is 0 Å². The summed E-state index contributed by atoms with van der Waals surface area (Å²) in [5, 5.41) is 7.56. The van der Waals surface area contributed by atoms with Gasteiger partial charge in [0.1, 0.15) is 0 Å². The topological polar surface area (TPSA) is 46.9 Å². The van der Waals surface area contributed by atoms with Crippen molar-refractivity contribution in [1.29, 1.82) is 0 Å². The number of hydrogen-bond acceptors (Lipinski definition) is 3. The van der Waals surface area contributed by atoms with Crippen LogP contribution in [-0.4, -0.2) is 16.8 Å². The van der Waals surface area contributed by atoms with Crippen LogP contribution in [0.25, 0.3) is 0 Å². The minimum absolute atomic E-state index is 0.0678. The molecule has 0 saturated carbocycles. The maximum Gasteiger partial charge on any atom is 0.266 e. The Bertz CT molecular complexity index is 644. The molecule has 1 aromatic carbocycles. The highest BCUT2D eigenvalue weighted by molar-refractivity contribution is 5.26. The van der Waals surface area contributed by atoms with E-state index in [0.29, 0.717) is 12.5 Å². The summed E-state index contributed by atoms with van der Waals surface area (Å²) >= 11 is 0. The van der Waals surface area contributed by atoms with Gasteiger partial charge < -0.3 is 5.32 Å². The smallest absolute Gasteiger partial charge is 0.266 e. The van der Waals surface area contributed by atoms with Crippen LogP contribution in [0.5, 0.6) is 0 Å². The van der Waals surface area contributed by atoms with Gasteiger partial charge in [0.05, 0.1) is 18.3 Å². The molecule has 1 aromatic heterocycles. The monoisotopic (exact) mass is 285 g/mol. The molecule has 2 rings (SSSR count). The third-order valence-corrected chi connectivity index (χ3v) is 3.71. The fraction of sp³-hybridized carbons (Fsp3) is 0.412. The summed E-state index contributed by atoms with van der Waals surface area (Å²) in [5.41, 5.74) is 3.26. The number of hydrogen-bond donors (Lipinski definition) is 1. The van der Waals surface area contributed by atoms with Gasteiger partial charge in [0.25, 0.3) is 5.56 Å². The van der Waals surface area contributed by atoms with Crippen LogP contribution in [0.1, 0.15) is 42.6 Å². The predicted molar refractivity (Wildman–Crippen MR) is 85.6 cm³/mol. The van der Waals surface area contributed by atoms with E-state index in [2.05, 4.69) is 48.5 Å². The van der Waals surface area contributed by atoms with E-state index in [1.165, 1.54) is 10.2 Å². The van der Waals surface area contributed by atoms with Crippen molar-refractivity contribution in [2.75, 3.05) is 7.05 Å². The maximum atomic E-state index is 11.9. The molecule has 0 saturated heterocycles. The first-order valence-electron chi connectivity index (χ1n) is 7.33. The van der Waals surface area contributed by atoms with Gasteiger partial charge in [-0.3, -0.25) is 4.79 Å². The zero-order valence-electron chi connectivity index (χ0n) is 13.1. The maximum absolute atomic E-state index is 11.9. The third-order valence-electron chi connectivity index (χ3n) is 3.71. The molecule has 0 radical (unpaired) electrons. The van der Waals surface area contributed by atoms with Gasteiger partial charge in [-0.15, -0.1) is 0 Å². The standard InChI is InChI=1S/C17H23N3O/c1-12(2)14-6-8-15(9-7-14)16(18-4)11-20-17(21)10-5-13(3)19-20/h5-10,12,16,18H,11H2,1-4H3. The number of benzene rings is 1. The first-order valence-corrected chi connectivity index (χ1v) is 7.33. The van der Waals surface area contributed by atoms with Crippen LogP contribution in [0, 0.1) is 6.92 Å². The van der Waals surface area contributed by atoms with Crippen LogP contribution in [0.4, 0.5) is 0 Å². The van der Waals surface area contributed by atoms with Crippen molar-refractivity contribution in [2.45, 2.75) is 39.3 Å². The lowest BCUT2D eigenvalue weighted by Crippen LogP contribution is -2.30. The Morgan fingerprint density at radius 1 is 1.10 bits per heavy atom. The van der Waals surface area contributed by atoms with Crippen molar-refractivity contribution >= 4 is 0 Å². The minimum Gasteiger partial charge on any atom is -0.311 e. The van der Waals surface area contributed by atoms with Gasteiger partial charge >= 0.3 is 0 Å². The molecule has 0 spiro atoms. The fourth-order valence-corrected chi connectivity index (χ4v) is 2.33. The van der Waals surface area contributed by atoms with E-state index in [1.807, 2.05) is 14.0 Å². The van der Waals surface area contributed by atoms with Crippen molar-refractivity contribution in [3.05, 3.63) is 63.6 Å². The zero-order chi connectivity index (χ0) is 15.4. The molecule has 4 nitrogen and oxygen atoms in total. The van der Waals surface area contributed by atoms with Crippen LogP contribution in [0.3, 0.4) is 0 Å². The van der Waals surface area contributed by atoms with Crippen molar-refractivity contribution in [1.82, 2.24) is 15.1 Å². The van der Waals surface area contributed by atoms with Gasteiger partial charge in [-0.2, -0.15) is 5.10 Å². The molecule has 2 aromatic rings. The molecule has 0 fully saturated rings. The Morgan fingerprint density at radius 2 is 1.71 bits per heavy atom. The highest BCUT2D eigenvalue weighted by Gasteiger charge is 2.12. The molecule has 21 heavy (non-hydrogen) atoms. The average Bonchev–Trinajstić information content (AvgIpc) is 2.48. The van der Waals surface area contributed by atoms with Crippen LogP contribution >= 0.6 is 0 Å². The average molecular weight is 285 g/mol. The number of likely N-dealkylation sites (N-methyl/N-ethyl adjacent to an activating group) is 1. The largest absolute Gasteiger partial charge is 0.311 e. The van der Waals surface area contributed by atoms with Crippen molar-refractivity contribution in [2.24, 2.45) is 0 Å². The second-order valence-corrected chi connectivity index (χ2v) is 5.66. The van der Waals surface area contributed by atoms with Crippen molar-refractivity contribution in [3.8, 4) is 0 Å². The fourth-order valence-electron chi connectivity index (χ4n) is 2.33. The zero-order valence-corrected chi connectivity index (χ0v) is 13.1. The number of aromatic nitrogens is 2. The first kappa shape index (κ1) is 15.4. The highest BCUT2D eigenvalue weighted by atomic mass is 16.1. The Balaban J connectivity index is 2.23.